The predicted octanol–water partition coefficient (Wildman–Crippen LogP) is 5.39. The van der Waals surface area contributed by atoms with Crippen molar-refractivity contribution in [3.63, 3.8) is 0 Å². The lowest BCUT2D eigenvalue weighted by molar-refractivity contribution is 0.0430. The summed E-state index contributed by atoms with van der Waals surface area (Å²) in [6.45, 7) is 3.58. The van der Waals surface area contributed by atoms with Gasteiger partial charge < -0.3 is 14.3 Å². The van der Waals surface area contributed by atoms with E-state index in [-0.39, 0.29) is 0 Å². The monoisotopic (exact) mass is 377 g/mol. The summed E-state index contributed by atoms with van der Waals surface area (Å²) >= 11 is 0. The molecule has 0 aromatic heterocycles. The fraction of sp³-hybridized carbons (Fsp3) is 0.292. The van der Waals surface area contributed by atoms with Crippen LogP contribution in [0.1, 0.15) is 24.5 Å². The Balaban J connectivity index is 1.38. The molecule has 0 aliphatic rings. The van der Waals surface area contributed by atoms with Crippen LogP contribution < -0.4 is 4.74 Å². The second-order valence-corrected chi connectivity index (χ2v) is 6.75. The summed E-state index contributed by atoms with van der Waals surface area (Å²) in [6.07, 6.45) is 1.80. The van der Waals surface area contributed by atoms with Crippen molar-refractivity contribution in [3.8, 4) is 5.75 Å². The van der Waals surface area contributed by atoms with Crippen LogP contribution in [-0.2, 0) is 22.6 Å². The van der Waals surface area contributed by atoms with Crippen molar-refractivity contribution in [2.75, 3.05) is 20.3 Å². The first-order valence-electron chi connectivity index (χ1n) is 9.58. The van der Waals surface area contributed by atoms with E-state index in [1.165, 1.54) is 16.3 Å². The maximum absolute atomic E-state index is 5.58. The van der Waals surface area contributed by atoms with Crippen LogP contribution >= 0.6 is 0 Å². The second-order valence-electron chi connectivity index (χ2n) is 6.75. The molecule has 0 radical (unpaired) electrons. The van der Waals surface area contributed by atoms with Gasteiger partial charge in [0.2, 0.25) is 0 Å². The molecule has 0 bridgehead atoms. The van der Waals surface area contributed by atoms with Crippen LogP contribution in [0.4, 0.5) is 0 Å². The highest BCUT2D eigenvalue weighted by Gasteiger charge is 2.01. The van der Waals surface area contributed by atoms with Gasteiger partial charge in [0.1, 0.15) is 12.4 Å². The number of aryl methyl sites for hydroxylation is 1. The quantitative estimate of drug-likeness (QED) is 0.270. The molecule has 28 heavy (non-hydrogen) atoms. The molecule has 0 saturated heterocycles. The molecule has 0 amide bonds. The molecular formula is C24H27NO3. The number of rotatable bonds is 10. The summed E-state index contributed by atoms with van der Waals surface area (Å²) in [6, 6.07) is 22.8. The molecule has 0 aliphatic heterocycles. The first-order chi connectivity index (χ1) is 13.7. The average Bonchev–Trinajstić information content (AvgIpc) is 2.75. The van der Waals surface area contributed by atoms with Crippen molar-refractivity contribution < 1.29 is 14.3 Å². The molecule has 0 spiro atoms. The van der Waals surface area contributed by atoms with E-state index >= 15 is 0 Å². The van der Waals surface area contributed by atoms with Crippen LogP contribution in [0, 0.1) is 0 Å². The Kier molecular flexibility index (Phi) is 7.44. The molecule has 0 N–H and O–H groups in total. The third-order valence-electron chi connectivity index (χ3n) is 4.54. The summed E-state index contributed by atoms with van der Waals surface area (Å²) in [5, 5.41) is 6.60. The molecule has 0 aliphatic carbocycles. The van der Waals surface area contributed by atoms with E-state index in [1.807, 2.05) is 43.3 Å². The first kappa shape index (κ1) is 19.9. The van der Waals surface area contributed by atoms with Crippen LogP contribution in [0.3, 0.4) is 0 Å². The summed E-state index contributed by atoms with van der Waals surface area (Å²) in [4.78, 5) is 5.37. The molecule has 0 fully saturated rings. The lowest BCUT2D eigenvalue weighted by atomic mass is 10.0. The maximum Gasteiger partial charge on any atom is 0.140 e. The summed E-state index contributed by atoms with van der Waals surface area (Å²) < 4.78 is 10.9. The van der Waals surface area contributed by atoms with Gasteiger partial charge in [0.15, 0.2) is 0 Å². The highest BCUT2D eigenvalue weighted by atomic mass is 16.6. The van der Waals surface area contributed by atoms with Gasteiger partial charge in [-0.05, 0) is 53.8 Å². The van der Waals surface area contributed by atoms with Gasteiger partial charge in [0, 0.05) is 0 Å². The largest absolute Gasteiger partial charge is 0.497 e. The molecular weight excluding hydrogens is 350 g/mol. The molecule has 4 nitrogen and oxygen atoms in total. The van der Waals surface area contributed by atoms with Crippen LogP contribution in [0.5, 0.6) is 5.75 Å². The average molecular weight is 377 g/mol. The number of oxime groups is 1. The molecule has 0 atom stereocenters. The molecule has 0 unspecified atom stereocenters. The van der Waals surface area contributed by atoms with Crippen molar-refractivity contribution in [1.29, 1.82) is 0 Å². The highest BCUT2D eigenvalue weighted by Crippen LogP contribution is 2.22. The topological polar surface area (TPSA) is 40.0 Å². The Morgan fingerprint density at radius 1 is 0.857 bits per heavy atom. The molecule has 3 rings (SSSR count). The predicted molar refractivity (Wildman–Crippen MR) is 114 cm³/mol. The Morgan fingerprint density at radius 3 is 2.46 bits per heavy atom. The minimum absolute atomic E-state index is 0.460. The van der Waals surface area contributed by atoms with Gasteiger partial charge in [-0.1, -0.05) is 59.8 Å². The van der Waals surface area contributed by atoms with Gasteiger partial charge in [-0.3, -0.25) is 0 Å². The van der Waals surface area contributed by atoms with Crippen LogP contribution in [0.2, 0.25) is 0 Å². The zero-order valence-electron chi connectivity index (χ0n) is 16.6. The molecule has 3 aromatic carbocycles. The lowest BCUT2D eigenvalue weighted by Gasteiger charge is -2.06. The van der Waals surface area contributed by atoms with E-state index in [0.717, 1.165) is 29.9 Å². The van der Waals surface area contributed by atoms with Crippen molar-refractivity contribution >= 4 is 16.5 Å². The first-order valence-corrected chi connectivity index (χ1v) is 9.58. The third kappa shape index (κ3) is 6.10. The molecule has 3 aromatic rings. The van der Waals surface area contributed by atoms with Crippen LogP contribution in [-0.4, -0.2) is 26.0 Å². The van der Waals surface area contributed by atoms with Gasteiger partial charge in [-0.2, -0.15) is 0 Å². The van der Waals surface area contributed by atoms with Gasteiger partial charge in [-0.15, -0.1) is 0 Å². The number of hydrogen-bond acceptors (Lipinski definition) is 4. The molecule has 146 valence electrons. The number of fused-ring (bicyclic) bond motifs is 1. The summed E-state index contributed by atoms with van der Waals surface area (Å²) in [7, 11) is 1.69. The van der Waals surface area contributed by atoms with E-state index < -0.39 is 0 Å². The number of benzene rings is 3. The Bertz CT molecular complexity index is 906. The number of nitrogens with zero attached hydrogens (tertiary/aromatic N) is 1. The summed E-state index contributed by atoms with van der Waals surface area (Å²) in [5.41, 5.74) is 3.44. The maximum atomic E-state index is 5.58. The molecule has 0 heterocycles. The van der Waals surface area contributed by atoms with Crippen molar-refractivity contribution in [1.82, 2.24) is 0 Å². The van der Waals surface area contributed by atoms with E-state index in [4.69, 9.17) is 14.3 Å². The number of hydrogen-bond donors (Lipinski definition) is 0. The highest BCUT2D eigenvalue weighted by molar-refractivity contribution is 5.85. The number of methoxy groups -OCH3 is 1. The fourth-order valence-electron chi connectivity index (χ4n) is 2.94. The Hall–Kier alpha value is -2.85. The van der Waals surface area contributed by atoms with E-state index in [2.05, 4.69) is 35.5 Å². The zero-order valence-corrected chi connectivity index (χ0v) is 16.6. The fourth-order valence-corrected chi connectivity index (χ4v) is 2.94. The number of ether oxygens (including phenoxy) is 2. The normalized spacial score (nSPS) is 11.6. The molecule has 0 saturated carbocycles. The van der Waals surface area contributed by atoms with Gasteiger partial charge in [0.05, 0.1) is 26.0 Å². The van der Waals surface area contributed by atoms with Crippen LogP contribution in [0.15, 0.2) is 71.9 Å². The van der Waals surface area contributed by atoms with Crippen molar-refractivity contribution in [2.24, 2.45) is 5.16 Å². The van der Waals surface area contributed by atoms with Gasteiger partial charge in [-0.25, -0.2) is 0 Å². The van der Waals surface area contributed by atoms with Gasteiger partial charge >= 0.3 is 0 Å². The smallest absolute Gasteiger partial charge is 0.140 e. The third-order valence-corrected chi connectivity index (χ3v) is 4.54. The van der Waals surface area contributed by atoms with Crippen molar-refractivity contribution in [2.45, 2.75) is 26.4 Å². The Morgan fingerprint density at radius 2 is 1.64 bits per heavy atom. The Labute approximate surface area is 166 Å². The van der Waals surface area contributed by atoms with E-state index in [0.29, 0.717) is 19.8 Å². The molecule has 4 heteroatoms. The zero-order chi connectivity index (χ0) is 19.6. The van der Waals surface area contributed by atoms with Crippen LogP contribution in [0.25, 0.3) is 10.8 Å². The SMILES string of the molecule is COc1ccc2cc(CC/C(C)=N/OCCOCc3ccccc3)ccc2c1. The second kappa shape index (κ2) is 10.5. The lowest BCUT2D eigenvalue weighted by Crippen LogP contribution is -2.03. The summed E-state index contributed by atoms with van der Waals surface area (Å²) in [5.74, 6) is 0.883. The van der Waals surface area contributed by atoms with Crippen molar-refractivity contribution in [3.05, 3.63) is 77.9 Å². The van der Waals surface area contributed by atoms with Gasteiger partial charge in [0.25, 0.3) is 0 Å². The standard InChI is InChI=1S/C24H27NO3/c1-19(25-28-15-14-27-18-21-6-4-3-5-7-21)8-9-20-10-11-23-17-24(26-2)13-12-22(23)16-20/h3-7,10-13,16-17H,8-9,14-15,18H2,1-2H3/b25-19+. The van der Waals surface area contributed by atoms with E-state index in [9.17, 15) is 0 Å². The minimum atomic E-state index is 0.460. The van der Waals surface area contributed by atoms with E-state index in [1.54, 1.807) is 7.11 Å². The minimum Gasteiger partial charge on any atom is -0.497 e.